The molecule has 2 aliphatic rings. The summed E-state index contributed by atoms with van der Waals surface area (Å²) < 4.78 is 14.1. The predicted molar refractivity (Wildman–Crippen MR) is 91.1 cm³/mol. The Bertz CT molecular complexity index is 624. The Kier molecular flexibility index (Phi) is 5.34. The topological polar surface area (TPSA) is 47.3 Å². The Morgan fingerprint density at radius 3 is 2.33 bits per heavy atom. The zero-order valence-corrected chi connectivity index (χ0v) is 14.0. The third kappa shape index (κ3) is 3.69. The van der Waals surface area contributed by atoms with Crippen molar-refractivity contribution in [3.8, 4) is 6.07 Å². The summed E-state index contributed by atoms with van der Waals surface area (Å²) in [5.41, 5.74) is 0.872. The molecular weight excluding hydrogens is 305 g/mol. The maximum absolute atomic E-state index is 14.1. The summed E-state index contributed by atoms with van der Waals surface area (Å²) in [6.45, 7) is 3.16. The Labute approximate surface area is 142 Å². The number of benzene rings is 1. The summed E-state index contributed by atoms with van der Waals surface area (Å²) in [7, 11) is 0. The number of nitrogens with zero attached hydrogens (tertiary/aromatic N) is 3. The van der Waals surface area contributed by atoms with E-state index in [4.69, 9.17) is 5.26 Å². The molecule has 0 unspecified atom stereocenters. The summed E-state index contributed by atoms with van der Waals surface area (Å²) in [5, 5.41) is 8.83. The monoisotopic (exact) mass is 329 g/mol. The van der Waals surface area contributed by atoms with E-state index in [-0.39, 0.29) is 17.6 Å². The molecule has 2 heterocycles. The third-order valence-electron chi connectivity index (χ3n) is 5.18. The molecule has 0 saturated carbocycles. The van der Waals surface area contributed by atoms with Crippen LogP contribution in [0.25, 0.3) is 0 Å². The van der Waals surface area contributed by atoms with Crippen LogP contribution in [0.2, 0.25) is 0 Å². The molecule has 2 fully saturated rings. The zero-order chi connectivity index (χ0) is 16.9. The molecular formula is C19H24FN3O. The molecule has 1 aromatic carbocycles. The molecule has 0 aliphatic carbocycles. The van der Waals surface area contributed by atoms with E-state index in [1.807, 2.05) is 15.9 Å². The second-order valence-corrected chi connectivity index (χ2v) is 6.78. The number of carbonyl (C=O) groups is 1. The van der Waals surface area contributed by atoms with E-state index in [1.54, 1.807) is 12.1 Å². The van der Waals surface area contributed by atoms with Crippen molar-refractivity contribution in [2.24, 2.45) is 5.92 Å². The second-order valence-electron chi connectivity index (χ2n) is 6.78. The summed E-state index contributed by atoms with van der Waals surface area (Å²) >= 11 is 0. The third-order valence-corrected chi connectivity index (χ3v) is 5.18. The number of anilines is 1. The minimum absolute atomic E-state index is 0.0702. The van der Waals surface area contributed by atoms with Crippen LogP contribution < -0.4 is 4.90 Å². The Hall–Kier alpha value is -2.09. The number of piperidine rings is 1. The SMILES string of the molecule is N#Cc1ccc(N2CCC(C(=O)N3CCCCCC3)CC2)c(F)c1. The van der Waals surface area contributed by atoms with Crippen LogP contribution in [0.4, 0.5) is 10.1 Å². The number of likely N-dealkylation sites (tertiary alicyclic amines) is 1. The first-order chi connectivity index (χ1) is 11.7. The van der Waals surface area contributed by atoms with E-state index in [1.165, 1.54) is 18.9 Å². The number of rotatable bonds is 2. The maximum atomic E-state index is 14.1. The van der Waals surface area contributed by atoms with Crippen molar-refractivity contribution in [2.75, 3.05) is 31.1 Å². The van der Waals surface area contributed by atoms with Crippen LogP contribution in [-0.2, 0) is 4.79 Å². The van der Waals surface area contributed by atoms with E-state index < -0.39 is 0 Å². The maximum Gasteiger partial charge on any atom is 0.225 e. The number of hydrogen-bond acceptors (Lipinski definition) is 3. The molecule has 1 aromatic rings. The average molecular weight is 329 g/mol. The normalized spacial score (nSPS) is 19.7. The van der Waals surface area contributed by atoms with Crippen LogP contribution in [0, 0.1) is 23.1 Å². The molecule has 0 N–H and O–H groups in total. The number of hydrogen-bond donors (Lipinski definition) is 0. The van der Waals surface area contributed by atoms with Crippen molar-refractivity contribution in [1.82, 2.24) is 4.90 Å². The van der Waals surface area contributed by atoms with Gasteiger partial charge in [-0.1, -0.05) is 12.8 Å². The summed E-state index contributed by atoms with van der Waals surface area (Å²) in [4.78, 5) is 16.7. The van der Waals surface area contributed by atoms with E-state index in [9.17, 15) is 9.18 Å². The molecule has 3 rings (SSSR count). The lowest BCUT2D eigenvalue weighted by atomic mass is 9.94. The smallest absolute Gasteiger partial charge is 0.225 e. The van der Waals surface area contributed by atoms with Crippen LogP contribution >= 0.6 is 0 Å². The van der Waals surface area contributed by atoms with Gasteiger partial charge in [-0.25, -0.2) is 4.39 Å². The fourth-order valence-electron chi connectivity index (χ4n) is 3.75. The molecule has 0 atom stereocenters. The van der Waals surface area contributed by atoms with Crippen molar-refractivity contribution < 1.29 is 9.18 Å². The lowest BCUT2D eigenvalue weighted by molar-refractivity contribution is -0.136. The molecule has 4 nitrogen and oxygen atoms in total. The number of carbonyl (C=O) groups excluding carboxylic acids is 1. The van der Waals surface area contributed by atoms with Gasteiger partial charge < -0.3 is 9.80 Å². The fraction of sp³-hybridized carbons (Fsp3) is 0.579. The van der Waals surface area contributed by atoms with Crippen LogP contribution in [-0.4, -0.2) is 37.0 Å². The highest BCUT2D eigenvalue weighted by Gasteiger charge is 2.29. The molecule has 2 aliphatic heterocycles. The van der Waals surface area contributed by atoms with Gasteiger partial charge in [-0.15, -0.1) is 0 Å². The largest absolute Gasteiger partial charge is 0.369 e. The zero-order valence-electron chi connectivity index (χ0n) is 14.0. The molecule has 0 bridgehead atoms. The fourth-order valence-corrected chi connectivity index (χ4v) is 3.75. The molecule has 0 spiro atoms. The number of amides is 1. The summed E-state index contributed by atoms with van der Waals surface area (Å²) in [6, 6.07) is 6.55. The number of halogens is 1. The van der Waals surface area contributed by atoms with Crippen LogP contribution in [0.3, 0.4) is 0 Å². The summed E-state index contributed by atoms with van der Waals surface area (Å²) in [5.74, 6) is 0.00369. The van der Waals surface area contributed by atoms with Gasteiger partial charge in [0.2, 0.25) is 5.91 Å². The van der Waals surface area contributed by atoms with Gasteiger partial charge in [0.15, 0.2) is 0 Å². The van der Waals surface area contributed by atoms with Gasteiger partial charge in [-0.2, -0.15) is 5.26 Å². The number of nitriles is 1. The first kappa shape index (κ1) is 16.8. The van der Waals surface area contributed by atoms with E-state index in [0.717, 1.165) is 38.8 Å². The minimum atomic E-state index is -0.355. The van der Waals surface area contributed by atoms with E-state index >= 15 is 0 Å². The van der Waals surface area contributed by atoms with Gasteiger partial charge in [-0.05, 0) is 43.9 Å². The predicted octanol–water partition coefficient (Wildman–Crippen LogP) is 3.32. The molecule has 0 aromatic heterocycles. The van der Waals surface area contributed by atoms with Gasteiger partial charge in [0, 0.05) is 32.1 Å². The lowest BCUT2D eigenvalue weighted by Crippen LogP contribution is -2.43. The highest BCUT2D eigenvalue weighted by Crippen LogP contribution is 2.27. The van der Waals surface area contributed by atoms with E-state index in [0.29, 0.717) is 24.3 Å². The Morgan fingerprint density at radius 1 is 1.08 bits per heavy atom. The first-order valence-corrected chi connectivity index (χ1v) is 8.92. The average Bonchev–Trinajstić information content (AvgIpc) is 2.90. The van der Waals surface area contributed by atoms with Crippen LogP contribution in [0.1, 0.15) is 44.1 Å². The summed E-state index contributed by atoms with van der Waals surface area (Å²) in [6.07, 6.45) is 6.21. The van der Waals surface area contributed by atoms with Crippen LogP contribution in [0.15, 0.2) is 18.2 Å². The molecule has 1 amide bonds. The van der Waals surface area contributed by atoms with Gasteiger partial charge in [0.05, 0.1) is 17.3 Å². The Morgan fingerprint density at radius 2 is 1.75 bits per heavy atom. The highest BCUT2D eigenvalue weighted by atomic mass is 19.1. The first-order valence-electron chi connectivity index (χ1n) is 8.92. The molecule has 2 saturated heterocycles. The van der Waals surface area contributed by atoms with Crippen molar-refractivity contribution in [1.29, 1.82) is 5.26 Å². The van der Waals surface area contributed by atoms with Crippen molar-refractivity contribution in [3.05, 3.63) is 29.6 Å². The lowest BCUT2D eigenvalue weighted by Gasteiger charge is -2.35. The van der Waals surface area contributed by atoms with Gasteiger partial charge in [-0.3, -0.25) is 4.79 Å². The van der Waals surface area contributed by atoms with Gasteiger partial charge in [0.1, 0.15) is 5.82 Å². The molecule has 0 radical (unpaired) electrons. The van der Waals surface area contributed by atoms with Gasteiger partial charge in [0.25, 0.3) is 0 Å². The second kappa shape index (κ2) is 7.65. The quantitative estimate of drug-likeness (QED) is 0.836. The Balaban J connectivity index is 1.59. The molecule has 5 heteroatoms. The van der Waals surface area contributed by atoms with Crippen molar-refractivity contribution in [2.45, 2.75) is 38.5 Å². The highest BCUT2D eigenvalue weighted by molar-refractivity contribution is 5.79. The van der Waals surface area contributed by atoms with E-state index in [2.05, 4.69) is 0 Å². The molecule has 24 heavy (non-hydrogen) atoms. The van der Waals surface area contributed by atoms with Crippen LogP contribution in [0.5, 0.6) is 0 Å². The standard InChI is InChI=1S/C19H24FN3O/c20-17-13-15(14-21)5-6-18(17)22-11-7-16(8-12-22)19(24)23-9-3-1-2-4-10-23/h5-6,13,16H,1-4,7-12H2. The van der Waals surface area contributed by atoms with Crippen molar-refractivity contribution in [3.63, 3.8) is 0 Å². The molecule has 128 valence electrons. The minimum Gasteiger partial charge on any atom is -0.369 e. The van der Waals surface area contributed by atoms with Crippen molar-refractivity contribution >= 4 is 11.6 Å². The van der Waals surface area contributed by atoms with Gasteiger partial charge >= 0.3 is 0 Å².